The van der Waals surface area contributed by atoms with Crippen molar-refractivity contribution < 1.29 is 0 Å². The number of para-hydroxylation sites is 2. The molecular weight excluding hydrogens is 382 g/mol. The molecule has 26 heavy (non-hydrogen) atoms. The predicted octanol–water partition coefficient (Wildman–Crippen LogP) is 5.25. The van der Waals surface area contributed by atoms with Gasteiger partial charge in [-0.05, 0) is 61.5 Å². The first-order chi connectivity index (χ1) is 12.5. The Hall–Kier alpha value is -2.35. The van der Waals surface area contributed by atoms with Crippen molar-refractivity contribution in [3.8, 4) is 11.4 Å². The monoisotopic (exact) mass is 397 g/mol. The van der Waals surface area contributed by atoms with Gasteiger partial charge in [-0.3, -0.25) is 13.9 Å². The normalized spacial score (nSPS) is 11.2. The van der Waals surface area contributed by atoms with Gasteiger partial charge in [0, 0.05) is 0 Å². The maximum absolute atomic E-state index is 13.2. The highest BCUT2D eigenvalue weighted by atomic mass is 32.1. The van der Waals surface area contributed by atoms with Gasteiger partial charge in [0.1, 0.15) is 10.3 Å². The maximum Gasteiger partial charge on any atom is 0.278 e. The predicted molar refractivity (Wildman–Crippen MR) is 112 cm³/mol. The lowest BCUT2D eigenvalue weighted by Crippen LogP contribution is -2.21. The number of fused-ring (bicyclic) bond motifs is 1. The summed E-state index contributed by atoms with van der Waals surface area (Å²) in [5, 5.41) is 0. The Balaban J connectivity index is 2.11. The molecule has 0 bridgehead atoms. The summed E-state index contributed by atoms with van der Waals surface area (Å²) in [6.45, 7) is 3.98. The van der Waals surface area contributed by atoms with Crippen molar-refractivity contribution in [3.05, 3.63) is 78.7 Å². The lowest BCUT2D eigenvalue weighted by molar-refractivity contribution is 0.918. The van der Waals surface area contributed by atoms with Crippen molar-refractivity contribution in [2.24, 2.45) is 0 Å². The number of rotatable bonds is 2. The van der Waals surface area contributed by atoms with Gasteiger partial charge in [-0.15, -0.1) is 0 Å². The molecule has 0 aliphatic rings. The number of nitrogens with one attached hydrogen (secondary N) is 1. The van der Waals surface area contributed by atoms with Gasteiger partial charge in [0.05, 0.1) is 11.4 Å². The molecule has 4 rings (SSSR count). The van der Waals surface area contributed by atoms with E-state index < -0.39 is 0 Å². The molecule has 0 amide bonds. The van der Waals surface area contributed by atoms with Crippen LogP contribution in [0.4, 0.5) is 0 Å². The van der Waals surface area contributed by atoms with Gasteiger partial charge in [0.15, 0.2) is 8.73 Å². The molecule has 2 aromatic carbocycles. The lowest BCUT2D eigenvalue weighted by Gasteiger charge is -2.11. The summed E-state index contributed by atoms with van der Waals surface area (Å²) in [7, 11) is 0. The van der Waals surface area contributed by atoms with E-state index in [1.807, 2.05) is 66.9 Å². The Bertz CT molecular complexity index is 1320. The van der Waals surface area contributed by atoms with E-state index in [2.05, 4.69) is 4.98 Å². The Morgan fingerprint density at radius 1 is 0.885 bits per heavy atom. The Morgan fingerprint density at radius 2 is 1.42 bits per heavy atom. The Labute approximate surface area is 164 Å². The van der Waals surface area contributed by atoms with Crippen molar-refractivity contribution in [2.75, 3.05) is 0 Å². The summed E-state index contributed by atoms with van der Waals surface area (Å²) >= 11 is 12.4. The quantitative estimate of drug-likeness (QED) is 0.470. The molecule has 7 heteroatoms. The molecule has 1 N–H and O–H groups in total. The first-order valence-corrected chi connectivity index (χ1v) is 9.65. The van der Waals surface area contributed by atoms with Crippen molar-refractivity contribution in [3.63, 3.8) is 0 Å². The molecule has 130 valence electrons. The second-order valence-corrected chi connectivity index (χ2v) is 8.06. The minimum absolute atomic E-state index is 0.151. The molecule has 0 spiro atoms. The molecule has 0 unspecified atom stereocenters. The summed E-state index contributed by atoms with van der Waals surface area (Å²) in [6.07, 6.45) is 0. The van der Waals surface area contributed by atoms with Gasteiger partial charge in [0.25, 0.3) is 5.56 Å². The van der Waals surface area contributed by atoms with Crippen LogP contribution in [0.1, 0.15) is 11.1 Å². The van der Waals surface area contributed by atoms with Crippen LogP contribution in [0.5, 0.6) is 0 Å². The number of hydrogen-bond donors (Lipinski definition) is 1. The van der Waals surface area contributed by atoms with E-state index in [0.29, 0.717) is 19.1 Å². The highest BCUT2D eigenvalue weighted by Gasteiger charge is 2.16. The van der Waals surface area contributed by atoms with Gasteiger partial charge in [0.2, 0.25) is 0 Å². The molecule has 0 saturated heterocycles. The van der Waals surface area contributed by atoms with E-state index in [0.717, 1.165) is 22.5 Å². The number of benzene rings is 2. The highest BCUT2D eigenvalue weighted by molar-refractivity contribution is 7.73. The van der Waals surface area contributed by atoms with Crippen LogP contribution >= 0.6 is 35.8 Å². The van der Waals surface area contributed by atoms with Crippen molar-refractivity contribution in [2.45, 2.75) is 13.8 Å². The number of aryl methyl sites for hydroxylation is 2. The highest BCUT2D eigenvalue weighted by Crippen LogP contribution is 2.25. The average molecular weight is 398 g/mol. The zero-order valence-electron chi connectivity index (χ0n) is 14.1. The summed E-state index contributed by atoms with van der Waals surface area (Å²) < 4.78 is 4.96. The molecule has 0 saturated carbocycles. The summed E-state index contributed by atoms with van der Waals surface area (Å²) in [5.74, 6) is 0. The average Bonchev–Trinajstić information content (AvgIpc) is 2.93. The number of nitrogens with zero attached hydrogens (tertiary/aromatic N) is 2. The first-order valence-electron chi connectivity index (χ1n) is 8.02. The number of hydrogen-bond acceptors (Lipinski definition) is 4. The van der Waals surface area contributed by atoms with Crippen LogP contribution < -0.4 is 5.56 Å². The number of H-pyrrole nitrogens is 1. The Kier molecular flexibility index (Phi) is 4.22. The van der Waals surface area contributed by atoms with Crippen LogP contribution in [-0.4, -0.2) is 14.1 Å². The molecule has 2 aromatic heterocycles. The number of thiazole rings is 1. The van der Waals surface area contributed by atoms with E-state index in [1.165, 1.54) is 11.3 Å². The van der Waals surface area contributed by atoms with Gasteiger partial charge in [-0.2, -0.15) is 0 Å². The van der Waals surface area contributed by atoms with Gasteiger partial charge >= 0.3 is 0 Å². The van der Waals surface area contributed by atoms with E-state index in [1.54, 1.807) is 4.57 Å². The van der Waals surface area contributed by atoms with Crippen LogP contribution in [0.3, 0.4) is 0 Å². The lowest BCUT2D eigenvalue weighted by atomic mass is 10.2. The molecule has 2 heterocycles. The molecule has 4 nitrogen and oxygen atoms in total. The van der Waals surface area contributed by atoms with Crippen molar-refractivity contribution in [1.82, 2.24) is 14.1 Å². The summed E-state index contributed by atoms with van der Waals surface area (Å²) in [5.41, 5.74) is 4.28. The topological polar surface area (TPSA) is 42.7 Å². The number of aromatic amines is 1. The molecule has 0 radical (unpaired) electrons. The van der Waals surface area contributed by atoms with E-state index >= 15 is 0 Å². The standard InChI is InChI=1S/C19H15N3OS3/c1-11-7-3-5-9-13(11)21-16-15(26-19(21)25)17(23)22(18(24)20-16)14-10-6-4-8-12(14)2/h3-10H,1-2H3,(H,20,24). The third-order valence-corrected chi connectivity index (χ3v) is 6.00. The van der Waals surface area contributed by atoms with Crippen molar-refractivity contribution >= 4 is 46.1 Å². The molecular formula is C19H15N3OS3. The smallest absolute Gasteiger partial charge is 0.278 e. The maximum atomic E-state index is 13.2. The van der Waals surface area contributed by atoms with E-state index in [-0.39, 0.29) is 5.56 Å². The fourth-order valence-electron chi connectivity index (χ4n) is 3.05. The second-order valence-electron chi connectivity index (χ2n) is 6.02. The summed E-state index contributed by atoms with van der Waals surface area (Å²) in [4.78, 5) is 16.4. The van der Waals surface area contributed by atoms with E-state index in [9.17, 15) is 4.79 Å². The van der Waals surface area contributed by atoms with Crippen LogP contribution in [0, 0.1) is 22.6 Å². The Morgan fingerprint density at radius 3 is 2.00 bits per heavy atom. The second kappa shape index (κ2) is 6.42. The molecule has 0 aliphatic heterocycles. The molecule has 0 atom stereocenters. The van der Waals surface area contributed by atoms with Crippen LogP contribution in [-0.2, 0) is 0 Å². The third kappa shape index (κ3) is 2.59. The van der Waals surface area contributed by atoms with Crippen LogP contribution in [0.15, 0.2) is 53.3 Å². The number of aromatic nitrogens is 3. The minimum Gasteiger partial charge on any atom is -0.316 e. The molecule has 4 aromatic rings. The molecule has 0 fully saturated rings. The molecule has 0 aliphatic carbocycles. The fourth-order valence-corrected chi connectivity index (χ4v) is 4.64. The SMILES string of the molecule is Cc1ccccc1-n1c(=S)[nH]c2c(sc(=S)n2-c2ccccc2C)c1=O. The zero-order valence-corrected chi connectivity index (χ0v) is 16.6. The van der Waals surface area contributed by atoms with Crippen LogP contribution in [0.25, 0.3) is 21.7 Å². The first kappa shape index (κ1) is 17.1. The fraction of sp³-hybridized carbons (Fsp3) is 0.105. The van der Waals surface area contributed by atoms with E-state index in [4.69, 9.17) is 24.4 Å². The van der Waals surface area contributed by atoms with Gasteiger partial charge < -0.3 is 4.98 Å². The zero-order chi connectivity index (χ0) is 18.4. The summed E-state index contributed by atoms with van der Waals surface area (Å²) in [6, 6.07) is 15.6. The van der Waals surface area contributed by atoms with Gasteiger partial charge in [-0.1, -0.05) is 47.7 Å². The third-order valence-electron chi connectivity index (χ3n) is 4.35. The minimum atomic E-state index is -0.151. The van der Waals surface area contributed by atoms with Crippen LogP contribution in [0.2, 0.25) is 0 Å². The van der Waals surface area contributed by atoms with Gasteiger partial charge in [-0.25, -0.2) is 0 Å². The van der Waals surface area contributed by atoms with Crippen molar-refractivity contribution in [1.29, 1.82) is 0 Å². The largest absolute Gasteiger partial charge is 0.316 e.